The molecule has 2 heterocycles. The molecule has 0 atom stereocenters. The van der Waals surface area contributed by atoms with Crippen molar-refractivity contribution in [2.24, 2.45) is 0 Å². The quantitative estimate of drug-likeness (QED) is 0.729. The number of benzene rings is 1. The van der Waals surface area contributed by atoms with Crippen molar-refractivity contribution in [2.45, 2.75) is 13.5 Å². The van der Waals surface area contributed by atoms with Crippen LogP contribution >= 0.6 is 23.2 Å². The average Bonchev–Trinajstić information content (AvgIpc) is 3.19. The summed E-state index contributed by atoms with van der Waals surface area (Å²) in [7, 11) is 0. The van der Waals surface area contributed by atoms with E-state index < -0.39 is 0 Å². The standard InChI is InChI=1S/C16H15Cl2N5O/c1-10-8-15(21-20-10)16(24)19-5-7-23-6-4-14(22-23)11-2-3-12(17)13(18)9-11/h2-4,6,8-9H,5,7H2,1H3,(H,19,24)(H,20,21). The van der Waals surface area contributed by atoms with Crippen LogP contribution in [0.4, 0.5) is 0 Å². The van der Waals surface area contributed by atoms with Crippen LogP contribution in [0.25, 0.3) is 11.3 Å². The molecule has 1 aromatic carbocycles. The second kappa shape index (κ2) is 7.07. The molecule has 0 aliphatic carbocycles. The van der Waals surface area contributed by atoms with Crippen molar-refractivity contribution in [2.75, 3.05) is 6.54 Å². The molecular weight excluding hydrogens is 349 g/mol. The lowest BCUT2D eigenvalue weighted by Gasteiger charge is -2.04. The summed E-state index contributed by atoms with van der Waals surface area (Å²) >= 11 is 11.9. The fourth-order valence-corrected chi connectivity index (χ4v) is 2.51. The minimum absolute atomic E-state index is 0.188. The van der Waals surface area contributed by atoms with Crippen molar-refractivity contribution in [1.82, 2.24) is 25.3 Å². The largest absolute Gasteiger partial charge is 0.349 e. The van der Waals surface area contributed by atoms with E-state index in [1.807, 2.05) is 25.3 Å². The molecule has 0 saturated heterocycles. The van der Waals surface area contributed by atoms with Crippen LogP contribution in [0.3, 0.4) is 0 Å². The molecule has 24 heavy (non-hydrogen) atoms. The van der Waals surface area contributed by atoms with Gasteiger partial charge in [-0.25, -0.2) is 0 Å². The van der Waals surface area contributed by atoms with E-state index in [-0.39, 0.29) is 5.91 Å². The number of carbonyl (C=O) groups excluding carboxylic acids is 1. The van der Waals surface area contributed by atoms with Gasteiger partial charge in [-0.1, -0.05) is 29.3 Å². The number of nitrogens with one attached hydrogen (secondary N) is 2. The predicted octanol–water partition coefficient (Wildman–Crippen LogP) is 3.32. The van der Waals surface area contributed by atoms with Gasteiger partial charge in [0.25, 0.3) is 5.91 Å². The average molecular weight is 364 g/mol. The molecule has 0 saturated carbocycles. The molecule has 1 amide bonds. The highest BCUT2D eigenvalue weighted by molar-refractivity contribution is 6.42. The zero-order valence-electron chi connectivity index (χ0n) is 12.9. The van der Waals surface area contributed by atoms with E-state index in [0.29, 0.717) is 28.8 Å². The maximum Gasteiger partial charge on any atom is 0.269 e. The van der Waals surface area contributed by atoms with E-state index in [4.69, 9.17) is 23.2 Å². The van der Waals surface area contributed by atoms with Crippen LogP contribution in [0.15, 0.2) is 36.5 Å². The predicted molar refractivity (Wildman–Crippen MR) is 93.3 cm³/mol. The molecule has 124 valence electrons. The molecule has 3 aromatic rings. The lowest BCUT2D eigenvalue weighted by molar-refractivity contribution is 0.0947. The molecule has 0 aliphatic rings. The van der Waals surface area contributed by atoms with Crippen molar-refractivity contribution < 1.29 is 4.79 Å². The third-order valence-electron chi connectivity index (χ3n) is 3.43. The van der Waals surface area contributed by atoms with E-state index in [9.17, 15) is 4.79 Å². The molecule has 6 nitrogen and oxygen atoms in total. The molecule has 3 rings (SSSR count). The van der Waals surface area contributed by atoms with Gasteiger partial charge in [0.1, 0.15) is 5.69 Å². The van der Waals surface area contributed by atoms with Gasteiger partial charge in [-0.2, -0.15) is 10.2 Å². The summed E-state index contributed by atoms with van der Waals surface area (Å²) in [5.74, 6) is -0.188. The van der Waals surface area contributed by atoms with Crippen LogP contribution < -0.4 is 5.32 Å². The number of hydrogen-bond acceptors (Lipinski definition) is 3. The first-order valence-corrected chi connectivity index (χ1v) is 8.07. The number of aryl methyl sites for hydroxylation is 1. The number of rotatable bonds is 5. The van der Waals surface area contributed by atoms with Gasteiger partial charge < -0.3 is 5.32 Å². The number of carbonyl (C=O) groups is 1. The van der Waals surface area contributed by atoms with Crippen molar-refractivity contribution >= 4 is 29.1 Å². The van der Waals surface area contributed by atoms with Gasteiger partial charge in [0.15, 0.2) is 0 Å². The number of nitrogens with zero attached hydrogens (tertiary/aromatic N) is 3. The summed E-state index contributed by atoms with van der Waals surface area (Å²) in [6, 6.07) is 8.97. The SMILES string of the molecule is Cc1cc(C(=O)NCCn2ccc(-c3ccc(Cl)c(Cl)c3)n2)[nH]n1. The maximum atomic E-state index is 11.9. The number of H-pyrrole nitrogens is 1. The monoisotopic (exact) mass is 363 g/mol. The van der Waals surface area contributed by atoms with Crippen LogP contribution in [0.5, 0.6) is 0 Å². The highest BCUT2D eigenvalue weighted by atomic mass is 35.5. The van der Waals surface area contributed by atoms with Crippen molar-refractivity contribution in [3.8, 4) is 11.3 Å². The Hall–Kier alpha value is -2.31. The van der Waals surface area contributed by atoms with Crippen LogP contribution in [0, 0.1) is 6.92 Å². The zero-order chi connectivity index (χ0) is 17.1. The molecule has 8 heteroatoms. The zero-order valence-corrected chi connectivity index (χ0v) is 14.4. The van der Waals surface area contributed by atoms with Crippen LogP contribution in [0.2, 0.25) is 10.0 Å². The van der Waals surface area contributed by atoms with Gasteiger partial charge in [-0.05, 0) is 31.2 Å². The fourth-order valence-electron chi connectivity index (χ4n) is 2.21. The van der Waals surface area contributed by atoms with Crippen LogP contribution in [-0.4, -0.2) is 32.4 Å². The molecule has 2 aromatic heterocycles. The molecule has 0 radical (unpaired) electrons. The number of amides is 1. The third kappa shape index (κ3) is 3.77. The summed E-state index contributed by atoms with van der Waals surface area (Å²) < 4.78 is 1.76. The first-order valence-electron chi connectivity index (χ1n) is 7.32. The highest BCUT2D eigenvalue weighted by Gasteiger charge is 2.08. The summed E-state index contributed by atoms with van der Waals surface area (Å²) in [6.07, 6.45) is 1.85. The van der Waals surface area contributed by atoms with Crippen molar-refractivity contribution in [3.05, 3.63) is 58.0 Å². The lowest BCUT2D eigenvalue weighted by atomic mass is 10.2. The van der Waals surface area contributed by atoms with E-state index in [1.165, 1.54) is 0 Å². The summed E-state index contributed by atoms with van der Waals surface area (Å²) in [6.45, 7) is 2.83. The van der Waals surface area contributed by atoms with Gasteiger partial charge in [0.05, 0.1) is 28.0 Å². The molecule has 0 unspecified atom stereocenters. The Balaban J connectivity index is 1.58. The van der Waals surface area contributed by atoms with Crippen LogP contribution in [0.1, 0.15) is 16.2 Å². The minimum Gasteiger partial charge on any atom is -0.349 e. The van der Waals surface area contributed by atoms with E-state index in [1.54, 1.807) is 22.9 Å². The van der Waals surface area contributed by atoms with Crippen LogP contribution in [-0.2, 0) is 6.54 Å². The van der Waals surface area contributed by atoms with Gasteiger partial charge in [0, 0.05) is 18.3 Å². The molecule has 2 N–H and O–H groups in total. The molecule has 0 fully saturated rings. The van der Waals surface area contributed by atoms with Gasteiger partial charge >= 0.3 is 0 Å². The lowest BCUT2D eigenvalue weighted by Crippen LogP contribution is -2.27. The first-order chi connectivity index (χ1) is 11.5. The second-order valence-electron chi connectivity index (χ2n) is 5.27. The van der Waals surface area contributed by atoms with Crippen molar-refractivity contribution in [3.63, 3.8) is 0 Å². The van der Waals surface area contributed by atoms with E-state index >= 15 is 0 Å². The van der Waals surface area contributed by atoms with E-state index in [2.05, 4.69) is 20.6 Å². The number of aromatic amines is 1. The van der Waals surface area contributed by atoms with Gasteiger partial charge in [0.2, 0.25) is 0 Å². The fraction of sp³-hybridized carbons (Fsp3) is 0.188. The van der Waals surface area contributed by atoms with E-state index in [0.717, 1.165) is 17.0 Å². The smallest absolute Gasteiger partial charge is 0.269 e. The maximum absolute atomic E-state index is 11.9. The first kappa shape index (κ1) is 16.5. The molecule has 0 aliphatic heterocycles. The number of halogens is 2. The third-order valence-corrected chi connectivity index (χ3v) is 4.17. The number of hydrogen-bond donors (Lipinski definition) is 2. The summed E-state index contributed by atoms with van der Waals surface area (Å²) in [4.78, 5) is 11.9. The Bertz CT molecular complexity index is 871. The topological polar surface area (TPSA) is 75.6 Å². The Morgan fingerprint density at radius 1 is 1.25 bits per heavy atom. The Kier molecular flexibility index (Phi) is 4.87. The van der Waals surface area contributed by atoms with Crippen molar-refractivity contribution in [1.29, 1.82) is 0 Å². The Morgan fingerprint density at radius 2 is 2.08 bits per heavy atom. The summed E-state index contributed by atoms with van der Waals surface area (Å²) in [5, 5.41) is 14.9. The van der Waals surface area contributed by atoms with Gasteiger partial charge in [-0.3, -0.25) is 14.6 Å². The molecule has 0 bridgehead atoms. The second-order valence-corrected chi connectivity index (χ2v) is 6.09. The molecule has 0 spiro atoms. The number of aromatic nitrogens is 4. The van der Waals surface area contributed by atoms with Gasteiger partial charge in [-0.15, -0.1) is 0 Å². The summed E-state index contributed by atoms with van der Waals surface area (Å²) in [5.41, 5.74) is 2.91. The highest BCUT2D eigenvalue weighted by Crippen LogP contribution is 2.27. The minimum atomic E-state index is -0.188. The normalized spacial score (nSPS) is 10.8. The Labute approximate surface area is 148 Å². The Morgan fingerprint density at radius 3 is 2.79 bits per heavy atom. The molecular formula is C16H15Cl2N5O.